The third kappa shape index (κ3) is 4.77. The Morgan fingerprint density at radius 3 is 2.59 bits per heavy atom. The maximum atomic E-state index is 11.2. The molecule has 0 fully saturated rings. The summed E-state index contributed by atoms with van der Waals surface area (Å²) >= 11 is 18.0. The molecule has 0 aliphatic heterocycles. The molecule has 0 aliphatic carbocycles. The lowest BCUT2D eigenvalue weighted by Crippen LogP contribution is -2.22. The van der Waals surface area contributed by atoms with Crippen LogP contribution < -0.4 is 15.9 Å². The van der Waals surface area contributed by atoms with Crippen molar-refractivity contribution in [2.75, 3.05) is 5.43 Å². The molecule has 12 heteroatoms. The summed E-state index contributed by atoms with van der Waals surface area (Å²) in [7, 11) is 0. The first-order valence-corrected chi connectivity index (χ1v) is 8.06. The average Bonchev–Trinajstić information content (AvgIpc) is 2.61. The fraction of sp³-hybridized carbons (Fsp3) is 0. The van der Waals surface area contributed by atoms with E-state index in [2.05, 4.69) is 10.5 Å². The number of hydrogen-bond acceptors (Lipinski definition) is 7. The minimum Gasteiger partial charge on any atom is -0.454 e. The van der Waals surface area contributed by atoms with Gasteiger partial charge in [0.1, 0.15) is 28.3 Å². The zero-order valence-electron chi connectivity index (χ0n) is 13.2. The van der Waals surface area contributed by atoms with E-state index in [1.54, 1.807) is 18.2 Å². The number of ether oxygens (including phenoxy) is 1. The van der Waals surface area contributed by atoms with Crippen LogP contribution in [0.15, 0.2) is 35.4 Å². The molecule has 0 aromatic heterocycles. The van der Waals surface area contributed by atoms with Crippen molar-refractivity contribution in [1.82, 2.24) is 0 Å². The maximum absolute atomic E-state index is 11.2. The highest BCUT2D eigenvalue weighted by Gasteiger charge is 2.20. The van der Waals surface area contributed by atoms with E-state index in [1.165, 1.54) is 12.1 Å². The fourth-order valence-electron chi connectivity index (χ4n) is 1.80. The van der Waals surface area contributed by atoms with Crippen LogP contribution in [0.4, 0.5) is 11.4 Å². The molecule has 27 heavy (non-hydrogen) atoms. The number of rotatable bonds is 6. The normalized spacial score (nSPS) is 10.8. The van der Waals surface area contributed by atoms with Crippen molar-refractivity contribution in [3.05, 3.63) is 55.5 Å². The molecular formula is C15H9Cl3N6O3. The number of anilines is 1. The van der Waals surface area contributed by atoms with Gasteiger partial charge in [0.2, 0.25) is 5.71 Å². The van der Waals surface area contributed by atoms with Crippen molar-refractivity contribution in [3.63, 3.8) is 0 Å². The van der Waals surface area contributed by atoms with Crippen LogP contribution >= 0.6 is 34.8 Å². The number of nitrogens with zero attached hydrogens (tertiary/aromatic N) is 3. The lowest BCUT2D eigenvalue weighted by Gasteiger charge is -2.12. The molecule has 0 spiro atoms. The van der Waals surface area contributed by atoms with Crippen LogP contribution in [0, 0.1) is 26.9 Å². The van der Waals surface area contributed by atoms with Gasteiger partial charge in [-0.25, -0.2) is 0 Å². The van der Waals surface area contributed by atoms with Gasteiger partial charge in [0.15, 0.2) is 5.84 Å². The molecule has 2 aromatic carbocycles. The summed E-state index contributed by atoms with van der Waals surface area (Å²) in [5.41, 5.74) is 6.45. The molecule has 0 saturated carbocycles. The summed E-state index contributed by atoms with van der Waals surface area (Å²) in [6.07, 6.45) is 0. The van der Waals surface area contributed by atoms with Gasteiger partial charge in [0.05, 0.1) is 15.0 Å². The number of benzene rings is 2. The number of hydrogen-bond donors (Lipinski definition) is 3. The summed E-state index contributed by atoms with van der Waals surface area (Å²) in [6, 6.07) is 8.48. The van der Waals surface area contributed by atoms with Gasteiger partial charge in [-0.05, 0) is 12.1 Å². The van der Waals surface area contributed by atoms with Gasteiger partial charge in [-0.1, -0.05) is 40.9 Å². The third-order valence-corrected chi connectivity index (χ3v) is 4.13. The molecule has 0 saturated heterocycles. The second-order valence-corrected chi connectivity index (χ2v) is 6.00. The molecule has 0 amide bonds. The van der Waals surface area contributed by atoms with E-state index in [0.717, 1.165) is 6.07 Å². The molecule has 0 atom stereocenters. The van der Waals surface area contributed by atoms with Gasteiger partial charge < -0.3 is 10.5 Å². The molecular weight excluding hydrogens is 419 g/mol. The van der Waals surface area contributed by atoms with Crippen LogP contribution in [0.3, 0.4) is 0 Å². The Labute approximate surface area is 167 Å². The van der Waals surface area contributed by atoms with E-state index < -0.39 is 22.2 Å². The van der Waals surface area contributed by atoms with Gasteiger partial charge in [-0.15, -0.1) is 0 Å². The number of amidine groups is 1. The van der Waals surface area contributed by atoms with Crippen molar-refractivity contribution < 1.29 is 9.66 Å². The minimum absolute atomic E-state index is 0.0189. The number of hydrazone groups is 1. The largest absolute Gasteiger partial charge is 0.454 e. The summed E-state index contributed by atoms with van der Waals surface area (Å²) < 4.78 is 5.59. The molecule has 138 valence electrons. The first-order valence-electron chi connectivity index (χ1n) is 6.92. The van der Waals surface area contributed by atoms with E-state index >= 15 is 0 Å². The Kier molecular flexibility index (Phi) is 6.41. The van der Waals surface area contributed by atoms with Gasteiger partial charge in [0, 0.05) is 12.1 Å². The van der Waals surface area contributed by atoms with Crippen LogP contribution in [0.2, 0.25) is 15.1 Å². The Morgan fingerprint density at radius 2 is 2.00 bits per heavy atom. The minimum atomic E-state index is -0.709. The smallest absolute Gasteiger partial charge is 0.295 e. The highest BCUT2D eigenvalue weighted by atomic mass is 35.5. The standard InChI is InChI=1S/C15H9Cl3N6O3/c16-7-2-1-3-12(14(7)18)27-13-5-9(11(24(25)26)4-8(13)17)22-23-10(6-19)15(20)21/h1-5,22H,(H3,20,21)/b23-10+. The van der Waals surface area contributed by atoms with Crippen LogP contribution in [0.1, 0.15) is 0 Å². The van der Waals surface area contributed by atoms with Crippen molar-refractivity contribution in [1.29, 1.82) is 10.7 Å². The average molecular weight is 428 g/mol. The van der Waals surface area contributed by atoms with Gasteiger partial charge >= 0.3 is 0 Å². The number of halogens is 3. The van der Waals surface area contributed by atoms with Gasteiger partial charge in [-0.3, -0.25) is 20.9 Å². The van der Waals surface area contributed by atoms with Crippen molar-refractivity contribution in [3.8, 4) is 17.6 Å². The Morgan fingerprint density at radius 1 is 1.30 bits per heavy atom. The molecule has 0 radical (unpaired) electrons. The Hall–Kier alpha value is -3.06. The summed E-state index contributed by atoms with van der Waals surface area (Å²) in [5.74, 6) is -0.412. The SMILES string of the molecule is N#C/C(=N\Nc1cc(Oc2cccc(Cl)c2Cl)c(Cl)cc1[N+](=O)[O-])C(=N)N. The molecule has 0 heterocycles. The van der Waals surface area contributed by atoms with Gasteiger partial charge in [0.25, 0.3) is 5.69 Å². The first kappa shape index (κ1) is 20.3. The number of nitrogens with two attached hydrogens (primary N) is 1. The molecule has 2 aromatic rings. The van der Waals surface area contributed by atoms with E-state index in [0.29, 0.717) is 0 Å². The van der Waals surface area contributed by atoms with Crippen LogP contribution in [0.5, 0.6) is 11.5 Å². The summed E-state index contributed by atoms with van der Waals surface area (Å²) in [6.45, 7) is 0. The zero-order chi connectivity index (χ0) is 20.1. The maximum Gasteiger partial charge on any atom is 0.295 e. The predicted molar refractivity (Wildman–Crippen MR) is 103 cm³/mol. The van der Waals surface area contributed by atoms with E-state index in [-0.39, 0.29) is 32.3 Å². The van der Waals surface area contributed by atoms with Crippen molar-refractivity contribution >= 4 is 57.7 Å². The number of nitriles is 1. The van der Waals surface area contributed by atoms with Crippen molar-refractivity contribution in [2.45, 2.75) is 0 Å². The zero-order valence-corrected chi connectivity index (χ0v) is 15.4. The molecule has 0 aliphatic rings. The second-order valence-electron chi connectivity index (χ2n) is 4.81. The monoisotopic (exact) mass is 426 g/mol. The molecule has 9 nitrogen and oxygen atoms in total. The second kappa shape index (κ2) is 8.55. The van der Waals surface area contributed by atoms with E-state index in [9.17, 15) is 10.1 Å². The van der Waals surface area contributed by atoms with Gasteiger partial charge in [-0.2, -0.15) is 10.4 Å². The van der Waals surface area contributed by atoms with Crippen LogP contribution in [-0.4, -0.2) is 16.5 Å². The lowest BCUT2D eigenvalue weighted by molar-refractivity contribution is -0.384. The predicted octanol–water partition coefficient (Wildman–Crippen LogP) is 4.57. The molecule has 4 N–H and O–H groups in total. The topological polar surface area (TPSA) is 150 Å². The molecule has 2 rings (SSSR count). The fourth-order valence-corrected chi connectivity index (χ4v) is 2.33. The number of nitro benzene ring substituents is 1. The number of nitro groups is 1. The van der Waals surface area contributed by atoms with Crippen molar-refractivity contribution in [2.24, 2.45) is 10.8 Å². The quantitative estimate of drug-likeness (QED) is 0.266. The third-order valence-electron chi connectivity index (χ3n) is 3.03. The van der Waals surface area contributed by atoms with Crippen LogP contribution in [-0.2, 0) is 0 Å². The van der Waals surface area contributed by atoms with E-state index in [1.807, 2.05) is 0 Å². The number of nitrogens with one attached hydrogen (secondary N) is 2. The Balaban J connectivity index is 2.48. The lowest BCUT2D eigenvalue weighted by atomic mass is 10.2. The first-order chi connectivity index (χ1) is 12.7. The molecule has 0 bridgehead atoms. The summed E-state index contributed by atoms with van der Waals surface area (Å²) in [4.78, 5) is 10.5. The van der Waals surface area contributed by atoms with E-state index in [4.69, 9.17) is 55.9 Å². The molecule has 0 unspecified atom stereocenters. The summed E-state index contributed by atoms with van der Waals surface area (Å²) in [5, 5.41) is 31.2. The highest BCUT2D eigenvalue weighted by molar-refractivity contribution is 6.46. The Bertz CT molecular complexity index is 1000. The van der Waals surface area contributed by atoms with Crippen LogP contribution in [0.25, 0.3) is 0 Å². The highest BCUT2D eigenvalue weighted by Crippen LogP contribution is 2.41.